The Morgan fingerprint density at radius 1 is 1.56 bits per heavy atom. The molecular formula is C12H13N3OS2. The highest BCUT2D eigenvalue weighted by molar-refractivity contribution is 7.16. The number of thiazole rings is 2. The molecular weight excluding hydrogens is 266 g/mol. The molecule has 18 heavy (non-hydrogen) atoms. The van der Waals surface area contributed by atoms with Crippen molar-refractivity contribution in [1.29, 1.82) is 0 Å². The van der Waals surface area contributed by atoms with E-state index in [2.05, 4.69) is 9.97 Å². The third-order valence-electron chi connectivity index (χ3n) is 3.02. The van der Waals surface area contributed by atoms with Crippen molar-refractivity contribution in [3.05, 3.63) is 21.1 Å². The molecule has 0 atom stereocenters. The molecule has 0 aromatic carbocycles. The number of carbonyl (C=O) groups excluding carboxylic acids is 1. The van der Waals surface area contributed by atoms with Gasteiger partial charge in [0.15, 0.2) is 0 Å². The van der Waals surface area contributed by atoms with Crippen molar-refractivity contribution >= 4 is 28.6 Å². The van der Waals surface area contributed by atoms with Crippen molar-refractivity contribution in [3.8, 4) is 10.6 Å². The van der Waals surface area contributed by atoms with Crippen LogP contribution in [-0.2, 0) is 6.42 Å². The average molecular weight is 279 g/mol. The summed E-state index contributed by atoms with van der Waals surface area (Å²) in [7, 11) is 0. The zero-order valence-electron chi connectivity index (χ0n) is 9.97. The van der Waals surface area contributed by atoms with Gasteiger partial charge in [0.1, 0.15) is 10.6 Å². The molecule has 94 valence electrons. The van der Waals surface area contributed by atoms with Crippen molar-refractivity contribution in [2.45, 2.75) is 26.2 Å². The number of primary amides is 1. The second-order valence-corrected chi connectivity index (χ2v) is 6.50. The summed E-state index contributed by atoms with van der Waals surface area (Å²) < 4.78 is 0. The van der Waals surface area contributed by atoms with Gasteiger partial charge in [0.2, 0.25) is 0 Å². The van der Waals surface area contributed by atoms with E-state index in [1.54, 1.807) is 5.51 Å². The summed E-state index contributed by atoms with van der Waals surface area (Å²) in [6.45, 7) is 1.93. The molecule has 2 aromatic rings. The standard InChI is InChI=1S/C12H13N3OS2/c1-6-10(17-5-14-6)9-11(12(13)16)18-8(15-9)4-7-2-3-7/h5,7H,2-4H2,1H3,(H2,13,16). The maximum Gasteiger partial charge on any atom is 0.261 e. The lowest BCUT2D eigenvalue weighted by Gasteiger charge is -1.95. The van der Waals surface area contributed by atoms with Crippen LogP contribution in [0.2, 0.25) is 0 Å². The van der Waals surface area contributed by atoms with E-state index in [0.717, 1.165) is 33.6 Å². The quantitative estimate of drug-likeness (QED) is 0.935. The van der Waals surface area contributed by atoms with Gasteiger partial charge in [0.25, 0.3) is 5.91 Å². The predicted molar refractivity (Wildman–Crippen MR) is 72.9 cm³/mol. The van der Waals surface area contributed by atoms with E-state index in [1.165, 1.54) is 35.5 Å². The van der Waals surface area contributed by atoms with E-state index < -0.39 is 5.91 Å². The average Bonchev–Trinajstić information content (AvgIpc) is 2.86. The Bertz CT molecular complexity index is 598. The summed E-state index contributed by atoms with van der Waals surface area (Å²) in [4.78, 5) is 21.9. The summed E-state index contributed by atoms with van der Waals surface area (Å²) in [6, 6.07) is 0. The fourth-order valence-electron chi connectivity index (χ4n) is 1.87. The van der Waals surface area contributed by atoms with Crippen LogP contribution in [-0.4, -0.2) is 15.9 Å². The van der Waals surface area contributed by atoms with Gasteiger partial charge in [-0.2, -0.15) is 0 Å². The number of nitrogens with zero attached hydrogens (tertiary/aromatic N) is 2. The molecule has 0 radical (unpaired) electrons. The highest BCUT2D eigenvalue weighted by Gasteiger charge is 2.26. The van der Waals surface area contributed by atoms with Crippen LogP contribution < -0.4 is 5.73 Å². The smallest absolute Gasteiger partial charge is 0.261 e. The second kappa shape index (κ2) is 4.44. The Kier molecular flexibility index (Phi) is 2.91. The first-order valence-electron chi connectivity index (χ1n) is 5.85. The minimum Gasteiger partial charge on any atom is -0.365 e. The topological polar surface area (TPSA) is 68.9 Å². The van der Waals surface area contributed by atoms with Gasteiger partial charge in [-0.15, -0.1) is 22.7 Å². The molecule has 1 aliphatic carbocycles. The van der Waals surface area contributed by atoms with Gasteiger partial charge in [0.05, 0.1) is 21.1 Å². The number of aryl methyl sites for hydroxylation is 1. The monoisotopic (exact) mass is 279 g/mol. The number of hydrogen-bond acceptors (Lipinski definition) is 5. The summed E-state index contributed by atoms with van der Waals surface area (Å²) in [5.41, 5.74) is 8.85. The van der Waals surface area contributed by atoms with E-state index in [1.807, 2.05) is 6.92 Å². The first-order chi connectivity index (χ1) is 8.65. The number of nitrogens with two attached hydrogens (primary N) is 1. The zero-order valence-corrected chi connectivity index (χ0v) is 11.6. The van der Waals surface area contributed by atoms with Crippen LogP contribution in [0, 0.1) is 12.8 Å². The van der Waals surface area contributed by atoms with Gasteiger partial charge in [-0.1, -0.05) is 0 Å². The van der Waals surface area contributed by atoms with Gasteiger partial charge in [-0.05, 0) is 25.7 Å². The van der Waals surface area contributed by atoms with Gasteiger partial charge in [-0.3, -0.25) is 4.79 Å². The molecule has 2 N–H and O–H groups in total. The summed E-state index contributed by atoms with van der Waals surface area (Å²) in [6.07, 6.45) is 3.53. The third-order valence-corrected chi connectivity index (χ3v) is 5.04. The Labute approximate surface area is 113 Å². The number of aromatic nitrogens is 2. The van der Waals surface area contributed by atoms with Crippen molar-refractivity contribution < 1.29 is 4.79 Å². The maximum absolute atomic E-state index is 11.5. The molecule has 1 aliphatic rings. The summed E-state index contributed by atoms with van der Waals surface area (Å²) in [5.74, 6) is 0.365. The molecule has 0 saturated heterocycles. The van der Waals surface area contributed by atoms with Crippen LogP contribution in [0.15, 0.2) is 5.51 Å². The molecule has 1 fully saturated rings. The maximum atomic E-state index is 11.5. The lowest BCUT2D eigenvalue weighted by molar-refractivity contribution is 0.100. The van der Waals surface area contributed by atoms with Gasteiger partial charge in [-0.25, -0.2) is 9.97 Å². The predicted octanol–water partition coefficient (Wildman–Crippen LogP) is 2.63. The zero-order chi connectivity index (χ0) is 12.7. The first kappa shape index (κ1) is 11.8. The summed E-state index contributed by atoms with van der Waals surface area (Å²) in [5, 5.41) is 1.02. The SMILES string of the molecule is Cc1ncsc1-c1nc(CC2CC2)sc1C(N)=O. The highest BCUT2D eigenvalue weighted by Crippen LogP contribution is 2.37. The fraction of sp³-hybridized carbons (Fsp3) is 0.417. The van der Waals surface area contributed by atoms with Crippen molar-refractivity contribution in [2.75, 3.05) is 0 Å². The highest BCUT2D eigenvalue weighted by atomic mass is 32.1. The van der Waals surface area contributed by atoms with Crippen LogP contribution >= 0.6 is 22.7 Å². The molecule has 0 bridgehead atoms. The Morgan fingerprint density at radius 2 is 2.33 bits per heavy atom. The molecule has 2 aromatic heterocycles. The van der Waals surface area contributed by atoms with Gasteiger partial charge < -0.3 is 5.73 Å². The minimum atomic E-state index is -0.391. The molecule has 0 unspecified atom stereocenters. The number of hydrogen-bond donors (Lipinski definition) is 1. The third kappa shape index (κ3) is 2.18. The van der Waals surface area contributed by atoms with Crippen molar-refractivity contribution in [3.63, 3.8) is 0 Å². The molecule has 1 amide bonds. The van der Waals surface area contributed by atoms with E-state index >= 15 is 0 Å². The fourth-order valence-corrected chi connectivity index (χ4v) is 3.77. The Hall–Kier alpha value is -1.27. The molecule has 3 rings (SSSR count). The molecule has 4 nitrogen and oxygen atoms in total. The molecule has 6 heteroatoms. The minimum absolute atomic E-state index is 0.391. The lowest BCUT2D eigenvalue weighted by atomic mass is 10.2. The number of amides is 1. The number of carbonyl (C=O) groups is 1. The molecule has 2 heterocycles. The van der Waals surface area contributed by atoms with Crippen LogP contribution in [0.3, 0.4) is 0 Å². The Morgan fingerprint density at radius 3 is 2.89 bits per heavy atom. The normalized spacial score (nSPS) is 14.9. The number of rotatable bonds is 4. The Balaban J connectivity index is 2.03. The van der Waals surface area contributed by atoms with Gasteiger partial charge >= 0.3 is 0 Å². The molecule has 1 saturated carbocycles. The largest absolute Gasteiger partial charge is 0.365 e. The van der Waals surface area contributed by atoms with Gasteiger partial charge in [0, 0.05) is 6.42 Å². The lowest BCUT2D eigenvalue weighted by Crippen LogP contribution is -2.10. The summed E-state index contributed by atoms with van der Waals surface area (Å²) >= 11 is 2.94. The van der Waals surface area contributed by atoms with E-state index in [4.69, 9.17) is 5.73 Å². The van der Waals surface area contributed by atoms with E-state index in [0.29, 0.717) is 4.88 Å². The first-order valence-corrected chi connectivity index (χ1v) is 7.54. The molecule has 0 aliphatic heterocycles. The second-order valence-electron chi connectivity index (χ2n) is 4.56. The van der Waals surface area contributed by atoms with Crippen LogP contribution in [0.4, 0.5) is 0 Å². The van der Waals surface area contributed by atoms with E-state index in [9.17, 15) is 4.79 Å². The molecule has 0 spiro atoms. The van der Waals surface area contributed by atoms with Crippen LogP contribution in [0.5, 0.6) is 0 Å². The van der Waals surface area contributed by atoms with Crippen LogP contribution in [0.1, 0.15) is 33.2 Å². The van der Waals surface area contributed by atoms with Crippen LogP contribution in [0.25, 0.3) is 10.6 Å². The van der Waals surface area contributed by atoms with Crippen molar-refractivity contribution in [1.82, 2.24) is 9.97 Å². The van der Waals surface area contributed by atoms with Crippen molar-refractivity contribution in [2.24, 2.45) is 11.7 Å². The van der Waals surface area contributed by atoms with E-state index in [-0.39, 0.29) is 0 Å².